The van der Waals surface area contributed by atoms with Crippen molar-refractivity contribution >= 4 is 23.5 Å². The Morgan fingerprint density at radius 1 is 1.27 bits per heavy atom. The maximum Gasteiger partial charge on any atom is 0.224 e. The van der Waals surface area contributed by atoms with Crippen LogP contribution in [0.4, 0.5) is 11.8 Å². The van der Waals surface area contributed by atoms with Gasteiger partial charge in [0, 0.05) is 30.8 Å². The van der Waals surface area contributed by atoms with Crippen molar-refractivity contribution in [3.05, 3.63) is 46.6 Å². The Labute approximate surface area is 194 Å². The summed E-state index contributed by atoms with van der Waals surface area (Å²) < 4.78 is 0. The van der Waals surface area contributed by atoms with Crippen LogP contribution in [-0.4, -0.2) is 34.2 Å². The molecule has 1 unspecified atom stereocenters. The molecule has 2 aliphatic rings. The summed E-state index contributed by atoms with van der Waals surface area (Å²) in [5.74, 6) is 0.764. The number of hydrogen-bond acceptors (Lipinski definition) is 7. The standard InChI is InChI=1S/C25H30N6O2/c1-2-15-3-4-17-12-22(32)20(21(17)11-15)9-10-28-25-29-14-18(13-26)24(31-25)30-19-7-5-16(6-8-19)23(27)33/h3-4,11,14,16,19-20H,2,5-10,12H2,1H3,(H2,27,33)(H2,28,29,30,31). The lowest BCUT2D eigenvalue weighted by molar-refractivity contribution is -0.122. The largest absolute Gasteiger partial charge is 0.369 e. The van der Waals surface area contributed by atoms with E-state index in [4.69, 9.17) is 5.73 Å². The highest BCUT2D eigenvalue weighted by molar-refractivity contribution is 5.92. The van der Waals surface area contributed by atoms with Crippen LogP contribution in [0.25, 0.3) is 0 Å². The fourth-order valence-electron chi connectivity index (χ4n) is 4.85. The van der Waals surface area contributed by atoms with Crippen molar-refractivity contribution in [3.8, 4) is 6.07 Å². The number of hydrogen-bond donors (Lipinski definition) is 3. The summed E-state index contributed by atoms with van der Waals surface area (Å²) >= 11 is 0. The number of benzene rings is 1. The lowest BCUT2D eigenvalue weighted by atomic mass is 9.85. The monoisotopic (exact) mass is 446 g/mol. The molecule has 0 saturated heterocycles. The predicted octanol–water partition coefficient (Wildman–Crippen LogP) is 3.08. The van der Waals surface area contributed by atoms with Gasteiger partial charge in [0.15, 0.2) is 0 Å². The summed E-state index contributed by atoms with van der Waals surface area (Å²) in [6.45, 7) is 2.67. The highest BCUT2D eigenvalue weighted by atomic mass is 16.1. The van der Waals surface area contributed by atoms with Crippen LogP contribution in [0.15, 0.2) is 24.4 Å². The first-order valence-corrected chi connectivity index (χ1v) is 11.7. The Balaban J connectivity index is 1.37. The van der Waals surface area contributed by atoms with E-state index in [0.717, 1.165) is 43.2 Å². The van der Waals surface area contributed by atoms with E-state index in [9.17, 15) is 14.9 Å². The predicted molar refractivity (Wildman–Crippen MR) is 126 cm³/mol. The molecular formula is C25H30N6O2. The van der Waals surface area contributed by atoms with Crippen LogP contribution in [0, 0.1) is 17.2 Å². The second kappa shape index (κ2) is 9.99. The maximum absolute atomic E-state index is 12.6. The second-order valence-electron chi connectivity index (χ2n) is 8.96. The fraction of sp³-hybridized carbons (Fsp3) is 0.480. The summed E-state index contributed by atoms with van der Waals surface area (Å²) in [6.07, 6.45) is 6.71. The van der Waals surface area contributed by atoms with Crippen LogP contribution >= 0.6 is 0 Å². The normalized spacial score (nSPS) is 21.8. The number of nitrogens with one attached hydrogen (secondary N) is 2. The number of nitriles is 1. The van der Waals surface area contributed by atoms with Crippen molar-refractivity contribution < 1.29 is 9.59 Å². The number of anilines is 2. The first-order valence-electron chi connectivity index (χ1n) is 11.7. The Hall–Kier alpha value is -3.47. The topological polar surface area (TPSA) is 134 Å². The first-order chi connectivity index (χ1) is 16.0. The molecule has 4 rings (SSSR count). The average molecular weight is 447 g/mol. The lowest BCUT2D eigenvalue weighted by Crippen LogP contribution is -2.32. The zero-order valence-corrected chi connectivity index (χ0v) is 18.9. The number of aryl methyl sites for hydroxylation is 1. The van der Waals surface area contributed by atoms with Crippen molar-refractivity contribution in [1.82, 2.24) is 9.97 Å². The van der Waals surface area contributed by atoms with Gasteiger partial charge in [0.1, 0.15) is 23.2 Å². The molecule has 0 spiro atoms. The molecule has 0 aliphatic heterocycles. The highest BCUT2D eigenvalue weighted by Crippen LogP contribution is 2.34. The highest BCUT2D eigenvalue weighted by Gasteiger charge is 2.30. The minimum Gasteiger partial charge on any atom is -0.369 e. The molecule has 1 amide bonds. The van der Waals surface area contributed by atoms with E-state index in [2.05, 4.69) is 51.8 Å². The molecule has 0 bridgehead atoms. The number of carbonyl (C=O) groups is 2. The lowest BCUT2D eigenvalue weighted by Gasteiger charge is -2.28. The molecule has 2 aliphatic carbocycles. The maximum atomic E-state index is 12.6. The van der Waals surface area contributed by atoms with E-state index in [1.165, 1.54) is 11.8 Å². The van der Waals surface area contributed by atoms with E-state index in [1.807, 2.05) is 0 Å². The summed E-state index contributed by atoms with van der Waals surface area (Å²) in [4.78, 5) is 32.7. The third-order valence-electron chi connectivity index (χ3n) is 6.84. The van der Waals surface area contributed by atoms with Crippen molar-refractivity contribution in [2.24, 2.45) is 11.7 Å². The summed E-state index contributed by atoms with van der Waals surface area (Å²) in [5, 5.41) is 16.0. The van der Waals surface area contributed by atoms with Gasteiger partial charge < -0.3 is 16.4 Å². The number of nitrogens with two attached hydrogens (primary N) is 1. The molecule has 1 aromatic heterocycles. The minimum absolute atomic E-state index is 0.0713. The SMILES string of the molecule is CCc1ccc2c(c1)C(CCNc1ncc(C#N)c(NC3CCC(C(N)=O)CC3)n1)C(=O)C2. The Bertz CT molecular complexity index is 1080. The Morgan fingerprint density at radius 2 is 2.06 bits per heavy atom. The average Bonchev–Trinajstić information content (AvgIpc) is 3.14. The van der Waals surface area contributed by atoms with Crippen molar-refractivity contribution in [3.63, 3.8) is 0 Å². The molecule has 8 nitrogen and oxygen atoms in total. The van der Waals surface area contributed by atoms with Crippen molar-refractivity contribution in [2.75, 3.05) is 17.2 Å². The van der Waals surface area contributed by atoms with Gasteiger partial charge in [-0.25, -0.2) is 4.98 Å². The Morgan fingerprint density at radius 3 is 2.76 bits per heavy atom. The van der Waals surface area contributed by atoms with Gasteiger partial charge in [-0.05, 0) is 55.2 Å². The molecule has 1 heterocycles. The number of carbonyl (C=O) groups excluding carboxylic acids is 2. The first kappa shape index (κ1) is 22.7. The van der Waals surface area contributed by atoms with E-state index < -0.39 is 0 Å². The Kier molecular flexibility index (Phi) is 6.87. The van der Waals surface area contributed by atoms with Gasteiger partial charge in [-0.15, -0.1) is 0 Å². The van der Waals surface area contributed by atoms with E-state index in [0.29, 0.717) is 36.7 Å². The molecule has 1 saturated carbocycles. The number of nitrogens with zero attached hydrogens (tertiary/aromatic N) is 3. The van der Waals surface area contributed by atoms with E-state index in [-0.39, 0.29) is 29.6 Å². The van der Waals surface area contributed by atoms with Gasteiger partial charge in [-0.3, -0.25) is 9.59 Å². The molecule has 0 radical (unpaired) electrons. The minimum atomic E-state index is -0.242. The molecule has 1 atom stereocenters. The summed E-state index contributed by atoms with van der Waals surface area (Å²) in [7, 11) is 0. The van der Waals surface area contributed by atoms with Gasteiger partial charge in [-0.2, -0.15) is 10.2 Å². The number of primary amides is 1. The quantitative estimate of drug-likeness (QED) is 0.567. The van der Waals surface area contributed by atoms with Crippen LogP contribution in [0.3, 0.4) is 0 Å². The second-order valence-corrected chi connectivity index (χ2v) is 8.96. The number of Topliss-reactive ketones (excluding diaryl/α,β-unsaturated/α-hetero) is 1. The molecule has 4 N–H and O–H groups in total. The summed E-state index contributed by atoms with van der Waals surface area (Å²) in [6, 6.07) is 8.62. The van der Waals surface area contributed by atoms with Gasteiger partial charge in [0.2, 0.25) is 11.9 Å². The van der Waals surface area contributed by atoms with Gasteiger partial charge in [-0.1, -0.05) is 25.1 Å². The van der Waals surface area contributed by atoms with E-state index in [1.54, 1.807) is 0 Å². The fourth-order valence-corrected chi connectivity index (χ4v) is 4.85. The number of aromatic nitrogens is 2. The van der Waals surface area contributed by atoms with Crippen LogP contribution in [-0.2, 0) is 22.4 Å². The van der Waals surface area contributed by atoms with Gasteiger partial charge in [0.05, 0.1) is 6.20 Å². The van der Waals surface area contributed by atoms with E-state index >= 15 is 0 Å². The molecule has 1 fully saturated rings. The summed E-state index contributed by atoms with van der Waals surface area (Å²) in [5.41, 5.74) is 9.33. The number of amides is 1. The van der Waals surface area contributed by atoms with Crippen LogP contribution in [0.5, 0.6) is 0 Å². The molecule has 8 heteroatoms. The molecular weight excluding hydrogens is 416 g/mol. The van der Waals surface area contributed by atoms with Crippen molar-refractivity contribution in [2.45, 2.75) is 63.8 Å². The van der Waals surface area contributed by atoms with Gasteiger partial charge in [0.25, 0.3) is 0 Å². The number of rotatable bonds is 8. The number of fused-ring (bicyclic) bond motifs is 1. The van der Waals surface area contributed by atoms with Gasteiger partial charge >= 0.3 is 0 Å². The smallest absolute Gasteiger partial charge is 0.224 e. The molecule has 2 aromatic rings. The molecule has 1 aromatic carbocycles. The van der Waals surface area contributed by atoms with Crippen LogP contribution < -0.4 is 16.4 Å². The van der Waals surface area contributed by atoms with Crippen LogP contribution in [0.1, 0.15) is 67.2 Å². The zero-order chi connectivity index (χ0) is 23.4. The number of ketones is 1. The van der Waals surface area contributed by atoms with Crippen LogP contribution in [0.2, 0.25) is 0 Å². The van der Waals surface area contributed by atoms with Crippen molar-refractivity contribution in [1.29, 1.82) is 5.26 Å². The zero-order valence-electron chi connectivity index (χ0n) is 18.9. The third kappa shape index (κ3) is 5.14. The third-order valence-corrected chi connectivity index (χ3v) is 6.84. The molecule has 172 valence electrons. The molecule has 33 heavy (non-hydrogen) atoms.